The van der Waals surface area contributed by atoms with E-state index < -0.39 is 29.6 Å². The SMILES string of the molecule is CCCC[C@](CC)(CCCNC(=O)C(F)(F)F)CNC(=O)C(F)(F)F. The van der Waals surface area contributed by atoms with Crippen LogP contribution in [-0.4, -0.2) is 37.3 Å². The molecule has 0 fully saturated rings. The van der Waals surface area contributed by atoms with E-state index in [0.29, 0.717) is 25.7 Å². The first kappa shape index (κ1) is 23.5. The van der Waals surface area contributed by atoms with Gasteiger partial charge in [0.05, 0.1) is 0 Å². The topological polar surface area (TPSA) is 58.2 Å². The third kappa shape index (κ3) is 8.97. The van der Waals surface area contributed by atoms with E-state index in [0.717, 1.165) is 6.42 Å². The second-order valence-electron chi connectivity index (χ2n) is 5.99. The molecule has 0 bridgehead atoms. The minimum Gasteiger partial charge on any atom is -0.348 e. The molecule has 0 radical (unpaired) electrons. The Balaban J connectivity index is 4.69. The first-order chi connectivity index (χ1) is 11.4. The lowest BCUT2D eigenvalue weighted by atomic mass is 9.76. The predicted molar refractivity (Wildman–Crippen MR) is 79.6 cm³/mol. The van der Waals surface area contributed by atoms with Crippen molar-refractivity contribution in [3.63, 3.8) is 0 Å². The average Bonchev–Trinajstić information content (AvgIpc) is 2.51. The Morgan fingerprint density at radius 3 is 1.72 bits per heavy atom. The summed E-state index contributed by atoms with van der Waals surface area (Å²) in [6.07, 6.45) is -7.00. The van der Waals surface area contributed by atoms with Gasteiger partial charge in [-0.15, -0.1) is 0 Å². The lowest BCUT2D eigenvalue weighted by Crippen LogP contribution is -2.44. The zero-order chi connectivity index (χ0) is 19.7. The Morgan fingerprint density at radius 2 is 1.28 bits per heavy atom. The molecular formula is C15H24F6N2O2. The molecule has 0 spiro atoms. The average molecular weight is 378 g/mol. The quantitative estimate of drug-likeness (QED) is 0.450. The summed E-state index contributed by atoms with van der Waals surface area (Å²) in [4.78, 5) is 21.8. The summed E-state index contributed by atoms with van der Waals surface area (Å²) in [7, 11) is 0. The maximum Gasteiger partial charge on any atom is 0.471 e. The standard InChI is InChI=1S/C15H24F6N2O2/c1-3-5-7-13(4-2,10-23-12(25)15(19,20)21)8-6-9-22-11(24)14(16,17)18/h3-10H2,1-2H3,(H,22,24)(H,23,25)/t13-/m1/s1. The molecule has 0 saturated heterocycles. The maximum atomic E-state index is 12.3. The number of carbonyl (C=O) groups excluding carboxylic acids is 2. The van der Waals surface area contributed by atoms with E-state index in [-0.39, 0.29) is 19.5 Å². The van der Waals surface area contributed by atoms with Gasteiger partial charge in [0, 0.05) is 13.1 Å². The zero-order valence-electron chi connectivity index (χ0n) is 14.2. The Morgan fingerprint density at radius 1 is 0.800 bits per heavy atom. The molecular weight excluding hydrogens is 354 g/mol. The van der Waals surface area contributed by atoms with Crippen LogP contribution < -0.4 is 10.6 Å². The number of halogens is 6. The molecule has 2 N–H and O–H groups in total. The Bertz CT molecular complexity index is 437. The molecule has 0 aromatic rings. The van der Waals surface area contributed by atoms with Gasteiger partial charge in [-0.2, -0.15) is 26.3 Å². The van der Waals surface area contributed by atoms with Crippen LogP contribution in [0.15, 0.2) is 0 Å². The normalized spacial score (nSPS) is 14.7. The van der Waals surface area contributed by atoms with E-state index in [4.69, 9.17) is 0 Å². The van der Waals surface area contributed by atoms with Crippen molar-refractivity contribution in [1.82, 2.24) is 10.6 Å². The molecule has 4 nitrogen and oxygen atoms in total. The highest BCUT2D eigenvalue weighted by Crippen LogP contribution is 2.34. The van der Waals surface area contributed by atoms with E-state index in [9.17, 15) is 35.9 Å². The van der Waals surface area contributed by atoms with Crippen molar-refractivity contribution in [3.8, 4) is 0 Å². The molecule has 148 valence electrons. The van der Waals surface area contributed by atoms with Crippen molar-refractivity contribution in [2.45, 2.75) is 64.7 Å². The Kier molecular flexibility index (Phi) is 9.28. The number of rotatable bonds is 10. The molecule has 0 aromatic heterocycles. The minimum atomic E-state index is -4.98. The second kappa shape index (κ2) is 9.86. The fourth-order valence-electron chi connectivity index (χ4n) is 2.47. The van der Waals surface area contributed by atoms with Crippen LogP contribution in [0.2, 0.25) is 0 Å². The van der Waals surface area contributed by atoms with Crippen molar-refractivity contribution in [2.75, 3.05) is 13.1 Å². The van der Waals surface area contributed by atoms with Gasteiger partial charge in [0.2, 0.25) is 0 Å². The third-order valence-electron chi connectivity index (χ3n) is 4.12. The van der Waals surface area contributed by atoms with E-state index in [2.05, 4.69) is 0 Å². The molecule has 25 heavy (non-hydrogen) atoms. The highest BCUT2D eigenvalue weighted by Gasteiger charge is 2.40. The number of nitrogens with one attached hydrogen (secondary N) is 2. The molecule has 0 saturated carbocycles. The van der Waals surface area contributed by atoms with Crippen LogP contribution in [0.3, 0.4) is 0 Å². The van der Waals surface area contributed by atoms with Crippen LogP contribution >= 0.6 is 0 Å². The summed E-state index contributed by atoms with van der Waals surface area (Å²) >= 11 is 0. The van der Waals surface area contributed by atoms with Crippen molar-refractivity contribution >= 4 is 11.8 Å². The molecule has 0 aliphatic rings. The van der Waals surface area contributed by atoms with Crippen molar-refractivity contribution in [3.05, 3.63) is 0 Å². The van der Waals surface area contributed by atoms with Gasteiger partial charge in [0.1, 0.15) is 0 Å². The smallest absolute Gasteiger partial charge is 0.348 e. The minimum absolute atomic E-state index is 0.168. The zero-order valence-corrected chi connectivity index (χ0v) is 14.2. The highest BCUT2D eigenvalue weighted by molar-refractivity contribution is 5.82. The number of amides is 2. The van der Waals surface area contributed by atoms with Gasteiger partial charge in [0.15, 0.2) is 0 Å². The molecule has 2 amide bonds. The van der Waals surface area contributed by atoms with Crippen LogP contribution in [-0.2, 0) is 9.59 Å². The van der Waals surface area contributed by atoms with Crippen LogP contribution in [0.25, 0.3) is 0 Å². The first-order valence-electron chi connectivity index (χ1n) is 8.08. The number of unbranched alkanes of at least 4 members (excludes halogenated alkanes) is 1. The second-order valence-corrected chi connectivity index (χ2v) is 5.99. The summed E-state index contributed by atoms with van der Waals surface area (Å²) in [6.45, 7) is 3.20. The fourth-order valence-corrected chi connectivity index (χ4v) is 2.47. The Hall–Kier alpha value is -1.48. The summed E-state index contributed by atoms with van der Waals surface area (Å²) in [6, 6.07) is 0. The Labute approximate surface area is 142 Å². The van der Waals surface area contributed by atoms with Gasteiger partial charge in [-0.05, 0) is 31.1 Å². The van der Waals surface area contributed by atoms with Crippen molar-refractivity contribution < 1.29 is 35.9 Å². The van der Waals surface area contributed by atoms with Crippen LogP contribution in [0.1, 0.15) is 52.4 Å². The maximum absolute atomic E-state index is 12.3. The fraction of sp³-hybridized carbons (Fsp3) is 0.867. The third-order valence-corrected chi connectivity index (χ3v) is 4.12. The summed E-state index contributed by atoms with van der Waals surface area (Å²) in [5, 5.41) is 3.60. The van der Waals surface area contributed by atoms with Gasteiger partial charge < -0.3 is 10.6 Å². The summed E-state index contributed by atoms with van der Waals surface area (Å²) in [5.74, 6) is -4.08. The predicted octanol–water partition coefficient (Wildman–Crippen LogP) is 3.71. The van der Waals surface area contributed by atoms with Gasteiger partial charge in [-0.1, -0.05) is 26.7 Å². The lowest BCUT2D eigenvalue weighted by Gasteiger charge is -2.33. The van der Waals surface area contributed by atoms with Crippen LogP contribution in [0.4, 0.5) is 26.3 Å². The molecule has 0 heterocycles. The lowest BCUT2D eigenvalue weighted by molar-refractivity contribution is -0.174. The first-order valence-corrected chi connectivity index (χ1v) is 8.08. The van der Waals surface area contributed by atoms with E-state index >= 15 is 0 Å². The van der Waals surface area contributed by atoms with Gasteiger partial charge in [-0.3, -0.25) is 9.59 Å². The molecule has 1 atom stereocenters. The van der Waals surface area contributed by atoms with Crippen molar-refractivity contribution in [1.29, 1.82) is 0 Å². The van der Waals surface area contributed by atoms with E-state index in [1.54, 1.807) is 12.2 Å². The number of carbonyl (C=O) groups is 2. The largest absolute Gasteiger partial charge is 0.471 e. The van der Waals surface area contributed by atoms with E-state index in [1.165, 1.54) is 0 Å². The molecule has 0 aromatic carbocycles. The highest BCUT2D eigenvalue weighted by atomic mass is 19.4. The van der Waals surface area contributed by atoms with Crippen LogP contribution in [0, 0.1) is 5.41 Å². The molecule has 0 aliphatic carbocycles. The molecule has 10 heteroatoms. The van der Waals surface area contributed by atoms with Gasteiger partial charge in [-0.25, -0.2) is 0 Å². The number of alkyl halides is 6. The summed E-state index contributed by atoms with van der Waals surface area (Å²) in [5.41, 5.74) is -0.653. The number of hydrogen-bond donors (Lipinski definition) is 2. The van der Waals surface area contributed by atoms with Crippen molar-refractivity contribution in [2.24, 2.45) is 5.41 Å². The molecule has 0 unspecified atom stereocenters. The van der Waals surface area contributed by atoms with Gasteiger partial charge in [0.25, 0.3) is 0 Å². The monoisotopic (exact) mass is 378 g/mol. The van der Waals surface area contributed by atoms with Gasteiger partial charge >= 0.3 is 24.2 Å². The molecule has 0 rings (SSSR count). The van der Waals surface area contributed by atoms with E-state index in [1.807, 2.05) is 12.2 Å². The summed E-state index contributed by atoms with van der Waals surface area (Å²) < 4.78 is 73.3. The van der Waals surface area contributed by atoms with Crippen LogP contribution in [0.5, 0.6) is 0 Å². The molecule has 0 aliphatic heterocycles. The number of hydrogen-bond acceptors (Lipinski definition) is 2.